The molecule has 0 spiro atoms. The Hall–Kier alpha value is -1.40. The molecule has 1 aromatic rings. The van der Waals surface area contributed by atoms with Gasteiger partial charge in [0.2, 0.25) is 0 Å². The van der Waals surface area contributed by atoms with Crippen LogP contribution in [-0.4, -0.2) is 17.5 Å². The molecule has 19 heavy (non-hydrogen) atoms. The largest absolute Gasteiger partial charge is 0.586 e. The van der Waals surface area contributed by atoms with Crippen molar-refractivity contribution < 1.29 is 23.4 Å². The predicted molar refractivity (Wildman–Crippen MR) is 65.1 cm³/mol. The number of hydrogen-bond donors (Lipinski definition) is 2. The maximum Gasteiger partial charge on any atom is 0.586 e. The van der Waals surface area contributed by atoms with Gasteiger partial charge in [0.25, 0.3) is 0 Å². The summed E-state index contributed by atoms with van der Waals surface area (Å²) in [6, 6.07) is 3.69. The normalized spacial score (nSPS) is 19.2. The molecule has 2 atom stereocenters. The summed E-state index contributed by atoms with van der Waals surface area (Å²) in [5, 5.41) is 9.91. The molecule has 0 aromatic heterocycles. The van der Waals surface area contributed by atoms with Gasteiger partial charge in [-0.25, -0.2) is 0 Å². The fourth-order valence-corrected chi connectivity index (χ4v) is 1.99. The van der Waals surface area contributed by atoms with E-state index in [1.807, 2.05) is 6.92 Å². The third-order valence-corrected chi connectivity index (χ3v) is 3.08. The molecule has 0 aliphatic carbocycles. The Morgan fingerprint density at radius 3 is 2.68 bits per heavy atom. The molecule has 0 saturated carbocycles. The fraction of sp³-hybridized carbons (Fsp3) is 0.538. The van der Waals surface area contributed by atoms with E-state index in [9.17, 15) is 13.9 Å². The monoisotopic (exact) mass is 273 g/mol. The van der Waals surface area contributed by atoms with Crippen LogP contribution in [0.15, 0.2) is 18.2 Å². The van der Waals surface area contributed by atoms with Crippen LogP contribution in [0.5, 0.6) is 11.5 Å². The van der Waals surface area contributed by atoms with Crippen molar-refractivity contribution in [1.82, 2.24) is 0 Å². The molecular formula is C13H17F2NO3. The van der Waals surface area contributed by atoms with E-state index in [2.05, 4.69) is 9.47 Å². The molecule has 1 aromatic carbocycles. The van der Waals surface area contributed by atoms with Crippen LogP contribution in [0.2, 0.25) is 0 Å². The van der Waals surface area contributed by atoms with Crippen LogP contribution < -0.4 is 15.2 Å². The molecule has 0 fully saturated rings. The van der Waals surface area contributed by atoms with Crippen LogP contribution in [0.4, 0.5) is 8.78 Å². The molecule has 0 bridgehead atoms. The lowest BCUT2D eigenvalue weighted by atomic mass is 9.98. The second kappa shape index (κ2) is 5.30. The van der Waals surface area contributed by atoms with Crippen molar-refractivity contribution in [1.29, 1.82) is 0 Å². The summed E-state index contributed by atoms with van der Waals surface area (Å²) in [4.78, 5) is 0. The van der Waals surface area contributed by atoms with Gasteiger partial charge >= 0.3 is 6.29 Å². The molecule has 2 rings (SSSR count). The third-order valence-electron chi connectivity index (χ3n) is 3.08. The first kappa shape index (κ1) is 14.0. The van der Waals surface area contributed by atoms with E-state index in [0.717, 1.165) is 12.8 Å². The first-order chi connectivity index (χ1) is 8.93. The van der Waals surface area contributed by atoms with Crippen LogP contribution in [0.1, 0.15) is 37.8 Å². The Labute approximate surface area is 110 Å². The Morgan fingerprint density at radius 2 is 2.00 bits per heavy atom. The molecule has 1 aliphatic heterocycles. The van der Waals surface area contributed by atoms with Crippen molar-refractivity contribution >= 4 is 0 Å². The zero-order chi connectivity index (χ0) is 14.0. The average Bonchev–Trinajstić information content (AvgIpc) is 2.67. The molecule has 1 heterocycles. The van der Waals surface area contributed by atoms with E-state index in [0.29, 0.717) is 12.0 Å². The summed E-state index contributed by atoms with van der Waals surface area (Å²) in [7, 11) is 0. The van der Waals surface area contributed by atoms with Crippen molar-refractivity contribution in [3.8, 4) is 11.5 Å². The molecular weight excluding hydrogens is 256 g/mol. The van der Waals surface area contributed by atoms with Gasteiger partial charge in [-0.3, -0.25) is 0 Å². The van der Waals surface area contributed by atoms with Crippen molar-refractivity contribution in [2.45, 2.75) is 44.6 Å². The number of aliphatic hydroxyl groups excluding tert-OH is 1. The number of nitrogens with two attached hydrogens (primary N) is 1. The van der Waals surface area contributed by atoms with Gasteiger partial charge in [-0.1, -0.05) is 25.8 Å². The van der Waals surface area contributed by atoms with E-state index in [1.165, 1.54) is 12.1 Å². The van der Waals surface area contributed by atoms with E-state index in [1.54, 1.807) is 6.07 Å². The van der Waals surface area contributed by atoms with E-state index < -0.39 is 18.4 Å². The van der Waals surface area contributed by atoms with Crippen LogP contribution >= 0.6 is 0 Å². The second-order valence-corrected chi connectivity index (χ2v) is 4.61. The van der Waals surface area contributed by atoms with Gasteiger partial charge in [-0.2, -0.15) is 0 Å². The van der Waals surface area contributed by atoms with Gasteiger partial charge < -0.3 is 20.3 Å². The summed E-state index contributed by atoms with van der Waals surface area (Å²) in [6.07, 6.45) is -1.95. The lowest BCUT2D eigenvalue weighted by molar-refractivity contribution is -0.286. The first-order valence-electron chi connectivity index (χ1n) is 6.26. The quantitative estimate of drug-likeness (QED) is 0.865. The topological polar surface area (TPSA) is 64.7 Å². The lowest BCUT2D eigenvalue weighted by Gasteiger charge is -2.19. The summed E-state index contributed by atoms with van der Waals surface area (Å²) in [5.74, 6) is -0.0790. The molecule has 0 amide bonds. The fourth-order valence-electron chi connectivity index (χ4n) is 1.99. The van der Waals surface area contributed by atoms with Crippen molar-refractivity contribution in [3.63, 3.8) is 0 Å². The van der Waals surface area contributed by atoms with Gasteiger partial charge in [0.05, 0.1) is 12.1 Å². The van der Waals surface area contributed by atoms with Crippen LogP contribution in [0.25, 0.3) is 0 Å². The summed E-state index contributed by atoms with van der Waals surface area (Å²) < 4.78 is 34.4. The number of unbranched alkanes of at least 4 members (excludes halogenated alkanes) is 1. The van der Waals surface area contributed by atoms with E-state index in [-0.39, 0.29) is 11.5 Å². The van der Waals surface area contributed by atoms with Crippen molar-refractivity contribution in [2.75, 3.05) is 0 Å². The number of alkyl halides is 2. The van der Waals surface area contributed by atoms with Gasteiger partial charge in [0.15, 0.2) is 11.5 Å². The number of rotatable bonds is 5. The van der Waals surface area contributed by atoms with Crippen LogP contribution in [0.3, 0.4) is 0 Å². The zero-order valence-corrected chi connectivity index (χ0v) is 10.6. The minimum absolute atomic E-state index is 0.0241. The molecule has 0 unspecified atom stereocenters. The number of ether oxygens (including phenoxy) is 2. The van der Waals surface area contributed by atoms with Crippen molar-refractivity contribution in [3.05, 3.63) is 23.8 Å². The molecule has 106 valence electrons. The molecule has 1 aliphatic rings. The highest BCUT2D eigenvalue weighted by Crippen LogP contribution is 2.42. The zero-order valence-electron chi connectivity index (χ0n) is 10.6. The predicted octanol–water partition coefficient (Wildman–Crippen LogP) is 2.56. The highest BCUT2D eigenvalue weighted by Gasteiger charge is 2.43. The maximum atomic E-state index is 12.9. The van der Waals surface area contributed by atoms with Gasteiger partial charge in [-0.15, -0.1) is 8.78 Å². The third kappa shape index (κ3) is 3.13. The number of benzene rings is 1. The van der Waals surface area contributed by atoms with E-state index >= 15 is 0 Å². The highest BCUT2D eigenvalue weighted by molar-refractivity contribution is 5.46. The number of aliphatic hydroxyl groups is 1. The van der Waals surface area contributed by atoms with Gasteiger partial charge in [0.1, 0.15) is 0 Å². The SMILES string of the molecule is CCCC[C@H](O)[C@H](N)c1ccc2c(c1)OC(F)(F)O2. The molecule has 0 saturated heterocycles. The first-order valence-corrected chi connectivity index (χ1v) is 6.26. The second-order valence-electron chi connectivity index (χ2n) is 4.61. The highest BCUT2D eigenvalue weighted by atomic mass is 19.3. The number of halogens is 2. The van der Waals surface area contributed by atoms with Gasteiger partial charge in [-0.05, 0) is 24.1 Å². The Bertz CT molecular complexity index is 454. The molecule has 6 heteroatoms. The number of hydrogen-bond acceptors (Lipinski definition) is 4. The molecule has 0 radical (unpaired) electrons. The summed E-state index contributed by atoms with van der Waals surface area (Å²) in [5.41, 5.74) is 6.45. The van der Waals surface area contributed by atoms with Gasteiger partial charge in [0, 0.05) is 0 Å². The van der Waals surface area contributed by atoms with Crippen LogP contribution in [0, 0.1) is 0 Å². The van der Waals surface area contributed by atoms with Crippen molar-refractivity contribution in [2.24, 2.45) is 5.73 Å². The van der Waals surface area contributed by atoms with Crippen LogP contribution in [-0.2, 0) is 0 Å². The molecule has 3 N–H and O–H groups in total. The standard InChI is InChI=1S/C13H17F2NO3/c1-2-3-4-9(17)12(16)8-5-6-10-11(7-8)19-13(14,15)18-10/h5-7,9,12,17H,2-4,16H2,1H3/t9-,12+/m0/s1. The Balaban J connectivity index is 2.11. The minimum Gasteiger partial charge on any atom is -0.395 e. The van der Waals surface area contributed by atoms with E-state index in [4.69, 9.17) is 5.73 Å². The smallest absolute Gasteiger partial charge is 0.395 e. The Kier molecular flexibility index (Phi) is 3.91. The maximum absolute atomic E-state index is 12.9. The summed E-state index contributed by atoms with van der Waals surface area (Å²) in [6.45, 7) is 2.01. The Morgan fingerprint density at radius 1 is 1.32 bits per heavy atom. The minimum atomic E-state index is -3.63. The average molecular weight is 273 g/mol. The lowest BCUT2D eigenvalue weighted by Crippen LogP contribution is -2.26. The summed E-state index contributed by atoms with van der Waals surface area (Å²) >= 11 is 0. The molecule has 4 nitrogen and oxygen atoms in total. The number of fused-ring (bicyclic) bond motifs is 1.